The number of rotatable bonds is 4. The predicted molar refractivity (Wildman–Crippen MR) is 125 cm³/mol. The fourth-order valence-electron chi connectivity index (χ4n) is 5.19. The quantitative estimate of drug-likeness (QED) is 0.751. The van der Waals surface area contributed by atoms with Crippen LogP contribution in [0.1, 0.15) is 73.0 Å². The summed E-state index contributed by atoms with van der Waals surface area (Å²) in [6.07, 6.45) is 5.45. The standard InChI is InChI=1S/C25H31ClN4O2/c1-17-16-20(21(31)27-3)29-22(28-17)24(2)12-14-30(15-13-24)23(32)25(10-4-5-11-25)18-6-8-19(26)9-7-18/h6-9,16H,4-5,10-15H2,1-3H3,(H,27,31). The number of amides is 2. The van der Waals surface area contributed by atoms with Gasteiger partial charge in [-0.25, -0.2) is 9.97 Å². The molecule has 1 saturated heterocycles. The first-order chi connectivity index (χ1) is 15.3. The van der Waals surface area contributed by atoms with Gasteiger partial charge in [-0.05, 0) is 56.4 Å². The molecule has 2 amide bonds. The Hall–Kier alpha value is -2.47. The highest BCUT2D eigenvalue weighted by Gasteiger charge is 2.47. The van der Waals surface area contributed by atoms with Crippen molar-refractivity contribution in [3.63, 3.8) is 0 Å². The van der Waals surface area contributed by atoms with Crippen LogP contribution in [0, 0.1) is 6.92 Å². The Morgan fingerprint density at radius 3 is 2.25 bits per heavy atom. The molecule has 2 aliphatic rings. The number of piperidine rings is 1. The number of halogens is 1. The van der Waals surface area contributed by atoms with Crippen molar-refractivity contribution in [2.45, 2.75) is 63.2 Å². The van der Waals surface area contributed by atoms with Crippen molar-refractivity contribution in [2.75, 3.05) is 20.1 Å². The van der Waals surface area contributed by atoms with Crippen LogP contribution in [0.25, 0.3) is 0 Å². The lowest BCUT2D eigenvalue weighted by Crippen LogP contribution is -2.51. The minimum absolute atomic E-state index is 0.209. The molecule has 2 heterocycles. The molecule has 2 fully saturated rings. The summed E-state index contributed by atoms with van der Waals surface area (Å²) >= 11 is 6.10. The number of benzene rings is 1. The maximum Gasteiger partial charge on any atom is 0.269 e. The second kappa shape index (κ2) is 8.81. The van der Waals surface area contributed by atoms with E-state index in [-0.39, 0.29) is 17.2 Å². The molecule has 32 heavy (non-hydrogen) atoms. The van der Waals surface area contributed by atoms with Crippen molar-refractivity contribution in [3.05, 3.63) is 58.1 Å². The minimum Gasteiger partial charge on any atom is -0.354 e. The van der Waals surface area contributed by atoms with Crippen LogP contribution in [0.4, 0.5) is 0 Å². The molecule has 1 saturated carbocycles. The third kappa shape index (κ3) is 4.13. The van der Waals surface area contributed by atoms with E-state index in [0.29, 0.717) is 29.6 Å². The van der Waals surface area contributed by atoms with Crippen molar-refractivity contribution in [2.24, 2.45) is 0 Å². The number of aromatic nitrogens is 2. The van der Waals surface area contributed by atoms with Gasteiger partial charge in [0.05, 0.1) is 5.41 Å². The molecule has 1 aromatic carbocycles. The van der Waals surface area contributed by atoms with Crippen molar-refractivity contribution in [1.82, 2.24) is 20.2 Å². The highest BCUT2D eigenvalue weighted by Crippen LogP contribution is 2.44. The molecule has 6 nitrogen and oxygen atoms in total. The van der Waals surface area contributed by atoms with E-state index in [0.717, 1.165) is 49.8 Å². The minimum atomic E-state index is -0.440. The van der Waals surface area contributed by atoms with Crippen LogP contribution in [-0.4, -0.2) is 46.8 Å². The normalized spacial score (nSPS) is 19.6. The van der Waals surface area contributed by atoms with E-state index in [4.69, 9.17) is 11.6 Å². The lowest BCUT2D eigenvalue weighted by molar-refractivity contribution is -0.139. The highest BCUT2D eigenvalue weighted by atomic mass is 35.5. The van der Waals surface area contributed by atoms with E-state index >= 15 is 0 Å². The monoisotopic (exact) mass is 454 g/mol. The number of hydrogen-bond acceptors (Lipinski definition) is 4. The molecular weight excluding hydrogens is 424 g/mol. The molecule has 0 spiro atoms. The highest BCUT2D eigenvalue weighted by molar-refractivity contribution is 6.30. The van der Waals surface area contributed by atoms with Gasteiger partial charge in [0.2, 0.25) is 5.91 Å². The van der Waals surface area contributed by atoms with Gasteiger partial charge in [0, 0.05) is 36.3 Å². The third-order valence-corrected chi connectivity index (χ3v) is 7.52. The molecule has 4 rings (SSSR count). The van der Waals surface area contributed by atoms with Gasteiger partial charge in [-0.3, -0.25) is 9.59 Å². The molecule has 7 heteroatoms. The van der Waals surface area contributed by atoms with Gasteiger partial charge in [-0.2, -0.15) is 0 Å². The molecule has 1 aliphatic heterocycles. The van der Waals surface area contributed by atoms with Gasteiger partial charge in [-0.1, -0.05) is 43.5 Å². The summed E-state index contributed by atoms with van der Waals surface area (Å²) in [4.78, 5) is 37.2. The smallest absolute Gasteiger partial charge is 0.269 e. The van der Waals surface area contributed by atoms with Gasteiger partial charge in [-0.15, -0.1) is 0 Å². The van der Waals surface area contributed by atoms with Crippen molar-refractivity contribution >= 4 is 23.4 Å². The first-order valence-corrected chi connectivity index (χ1v) is 11.8. The molecule has 0 atom stereocenters. The predicted octanol–water partition coefficient (Wildman–Crippen LogP) is 4.19. The maximum atomic E-state index is 13.8. The molecule has 0 bridgehead atoms. The molecule has 0 unspecified atom stereocenters. The summed E-state index contributed by atoms with van der Waals surface area (Å²) in [6.45, 7) is 5.35. The summed E-state index contributed by atoms with van der Waals surface area (Å²) in [7, 11) is 1.60. The lowest BCUT2D eigenvalue weighted by Gasteiger charge is -2.42. The Balaban J connectivity index is 1.54. The van der Waals surface area contributed by atoms with Gasteiger partial charge < -0.3 is 10.2 Å². The van der Waals surface area contributed by atoms with Crippen molar-refractivity contribution < 1.29 is 9.59 Å². The average Bonchev–Trinajstić information content (AvgIpc) is 3.30. The zero-order valence-corrected chi connectivity index (χ0v) is 19.8. The van der Waals surface area contributed by atoms with Crippen LogP contribution in [0.5, 0.6) is 0 Å². The summed E-state index contributed by atoms with van der Waals surface area (Å²) in [5.41, 5.74) is 1.54. The first kappa shape index (κ1) is 22.7. The van der Waals surface area contributed by atoms with E-state index in [9.17, 15) is 9.59 Å². The number of hydrogen-bond donors (Lipinski definition) is 1. The Labute approximate surface area is 194 Å². The summed E-state index contributed by atoms with van der Waals surface area (Å²) in [5.74, 6) is 0.714. The van der Waals surface area contributed by atoms with E-state index in [2.05, 4.69) is 22.2 Å². The van der Waals surface area contributed by atoms with E-state index < -0.39 is 5.41 Å². The largest absolute Gasteiger partial charge is 0.354 e. The van der Waals surface area contributed by atoms with E-state index in [1.165, 1.54) is 0 Å². The van der Waals surface area contributed by atoms with Gasteiger partial charge in [0.1, 0.15) is 11.5 Å². The molecular formula is C25H31ClN4O2. The van der Waals surface area contributed by atoms with Crippen molar-refractivity contribution in [1.29, 1.82) is 0 Å². The van der Waals surface area contributed by atoms with E-state index in [1.807, 2.05) is 36.1 Å². The number of likely N-dealkylation sites (tertiary alicyclic amines) is 1. The zero-order chi connectivity index (χ0) is 22.9. The summed E-state index contributed by atoms with van der Waals surface area (Å²) in [5, 5.41) is 3.33. The fourth-order valence-corrected chi connectivity index (χ4v) is 5.31. The number of nitrogens with one attached hydrogen (secondary N) is 1. The van der Waals surface area contributed by atoms with Gasteiger partial charge in [0.15, 0.2) is 0 Å². The second-order valence-electron chi connectivity index (χ2n) is 9.45. The molecule has 0 radical (unpaired) electrons. The van der Waals surface area contributed by atoms with Crippen molar-refractivity contribution in [3.8, 4) is 0 Å². The van der Waals surface area contributed by atoms with Crippen LogP contribution in [0.3, 0.4) is 0 Å². The van der Waals surface area contributed by atoms with Gasteiger partial charge in [0.25, 0.3) is 5.91 Å². The van der Waals surface area contributed by atoms with Crippen LogP contribution in [0.2, 0.25) is 5.02 Å². The zero-order valence-electron chi connectivity index (χ0n) is 19.1. The Morgan fingerprint density at radius 2 is 1.66 bits per heavy atom. The number of carbonyl (C=O) groups is 2. The lowest BCUT2D eigenvalue weighted by atomic mass is 9.75. The first-order valence-electron chi connectivity index (χ1n) is 11.4. The number of nitrogens with zero attached hydrogens (tertiary/aromatic N) is 3. The van der Waals surface area contributed by atoms with Crippen LogP contribution in [0.15, 0.2) is 30.3 Å². The molecule has 1 N–H and O–H groups in total. The molecule has 170 valence electrons. The Kier molecular flexibility index (Phi) is 6.26. The number of carbonyl (C=O) groups excluding carboxylic acids is 2. The number of aryl methyl sites for hydroxylation is 1. The fraction of sp³-hybridized carbons (Fsp3) is 0.520. The van der Waals surface area contributed by atoms with E-state index in [1.54, 1.807) is 13.1 Å². The van der Waals surface area contributed by atoms with Crippen LogP contribution >= 0.6 is 11.6 Å². The maximum absolute atomic E-state index is 13.8. The molecule has 2 aromatic rings. The Bertz CT molecular complexity index is 1010. The average molecular weight is 455 g/mol. The SMILES string of the molecule is CNC(=O)c1cc(C)nc(C2(C)CCN(C(=O)C3(c4ccc(Cl)cc4)CCCC3)CC2)n1. The third-order valence-electron chi connectivity index (χ3n) is 7.27. The summed E-state index contributed by atoms with van der Waals surface area (Å²) < 4.78 is 0. The van der Waals surface area contributed by atoms with Crippen LogP contribution < -0.4 is 5.32 Å². The molecule has 1 aromatic heterocycles. The Morgan fingerprint density at radius 1 is 1.03 bits per heavy atom. The van der Waals surface area contributed by atoms with Gasteiger partial charge >= 0.3 is 0 Å². The summed E-state index contributed by atoms with van der Waals surface area (Å²) in [6, 6.07) is 9.51. The molecule has 1 aliphatic carbocycles. The second-order valence-corrected chi connectivity index (χ2v) is 9.88. The topological polar surface area (TPSA) is 75.2 Å². The van der Waals surface area contributed by atoms with Crippen LogP contribution in [-0.2, 0) is 15.6 Å².